The second-order valence-corrected chi connectivity index (χ2v) is 13.2. The Balaban J connectivity index is 1.07. The predicted octanol–water partition coefficient (Wildman–Crippen LogP) is 5.13. The average molecular weight is 651 g/mol. The van der Waals surface area contributed by atoms with Gasteiger partial charge in [0.2, 0.25) is 5.91 Å². The second kappa shape index (κ2) is 15.0. The van der Waals surface area contributed by atoms with Crippen molar-refractivity contribution in [1.82, 2.24) is 15.1 Å². The number of methoxy groups -OCH3 is 1. The molecule has 3 aliphatic rings. The van der Waals surface area contributed by atoms with Gasteiger partial charge in [0.15, 0.2) is 0 Å². The number of hydrogen-bond acceptors (Lipinski definition) is 8. The van der Waals surface area contributed by atoms with Crippen LogP contribution < -0.4 is 19.7 Å². The Hall–Kier alpha value is -4.48. The third-order valence-electron chi connectivity index (χ3n) is 8.65. The van der Waals surface area contributed by atoms with Crippen LogP contribution in [0.25, 0.3) is 0 Å². The molecular weight excluding hydrogens is 604 g/mol. The number of likely N-dealkylation sites (tertiary alicyclic amines) is 2. The lowest BCUT2D eigenvalue weighted by Gasteiger charge is -2.40. The molecule has 0 saturated carbocycles. The van der Waals surface area contributed by atoms with Crippen LogP contribution in [0.5, 0.6) is 11.5 Å². The van der Waals surface area contributed by atoms with Gasteiger partial charge < -0.3 is 34.1 Å². The van der Waals surface area contributed by atoms with Gasteiger partial charge in [-0.1, -0.05) is 18.2 Å². The highest BCUT2D eigenvalue weighted by molar-refractivity contribution is 5.97. The number of ether oxygens (including phenoxy) is 4. The average Bonchev–Trinajstić information content (AvgIpc) is 3.06. The molecule has 0 bridgehead atoms. The van der Waals surface area contributed by atoms with Crippen molar-refractivity contribution in [3.63, 3.8) is 0 Å². The number of alkyl carbamates (subject to hydrolysis) is 1. The van der Waals surface area contributed by atoms with Crippen LogP contribution in [0.15, 0.2) is 42.5 Å². The molecule has 12 nitrogen and oxygen atoms in total. The summed E-state index contributed by atoms with van der Waals surface area (Å²) in [5.41, 5.74) is 1.77. The molecule has 254 valence electrons. The van der Waals surface area contributed by atoms with E-state index in [1.807, 2.05) is 29.2 Å². The number of hydrogen-bond donors (Lipinski definition) is 1. The molecule has 3 aliphatic heterocycles. The molecular formula is C35H46N4O8. The fraction of sp³-hybridized carbons (Fsp3) is 0.543. The number of benzene rings is 2. The number of carbonyl (C=O) groups excluding carboxylic acids is 4. The van der Waals surface area contributed by atoms with Gasteiger partial charge in [-0.2, -0.15) is 0 Å². The topological polar surface area (TPSA) is 127 Å². The molecule has 0 radical (unpaired) electrons. The van der Waals surface area contributed by atoms with E-state index in [-0.39, 0.29) is 36.7 Å². The highest BCUT2D eigenvalue weighted by Crippen LogP contribution is 2.33. The number of nitrogens with zero attached hydrogens (tertiary/aromatic N) is 3. The summed E-state index contributed by atoms with van der Waals surface area (Å²) < 4.78 is 22.5. The van der Waals surface area contributed by atoms with E-state index in [1.54, 1.807) is 48.8 Å². The van der Waals surface area contributed by atoms with Gasteiger partial charge in [0, 0.05) is 69.7 Å². The Morgan fingerprint density at radius 1 is 0.957 bits per heavy atom. The number of rotatable bonds is 9. The van der Waals surface area contributed by atoms with E-state index in [0.717, 1.165) is 11.3 Å². The Labute approximate surface area is 276 Å². The zero-order valence-corrected chi connectivity index (χ0v) is 27.8. The summed E-state index contributed by atoms with van der Waals surface area (Å²) >= 11 is 0. The Morgan fingerprint density at radius 2 is 1.66 bits per heavy atom. The van der Waals surface area contributed by atoms with Gasteiger partial charge in [0.05, 0.1) is 18.4 Å². The van der Waals surface area contributed by atoms with Crippen molar-refractivity contribution in [1.29, 1.82) is 0 Å². The maximum atomic E-state index is 13.5. The molecule has 0 unspecified atom stereocenters. The van der Waals surface area contributed by atoms with E-state index in [9.17, 15) is 19.2 Å². The van der Waals surface area contributed by atoms with E-state index >= 15 is 0 Å². The van der Waals surface area contributed by atoms with Crippen LogP contribution in [0.1, 0.15) is 75.2 Å². The first-order chi connectivity index (χ1) is 22.5. The lowest BCUT2D eigenvalue weighted by atomic mass is 10.00. The third kappa shape index (κ3) is 8.66. The van der Waals surface area contributed by atoms with Crippen molar-refractivity contribution in [3.8, 4) is 11.5 Å². The summed E-state index contributed by atoms with van der Waals surface area (Å²) in [5.74, 6) is 0.985. The predicted molar refractivity (Wildman–Crippen MR) is 175 cm³/mol. The Morgan fingerprint density at radius 3 is 2.36 bits per heavy atom. The Bertz CT molecular complexity index is 1440. The number of cyclic esters (lactones) is 1. The summed E-state index contributed by atoms with van der Waals surface area (Å²) in [5, 5.41) is 2.69. The maximum Gasteiger partial charge on any atom is 0.414 e. The van der Waals surface area contributed by atoms with Gasteiger partial charge in [0.1, 0.15) is 29.8 Å². The quantitative estimate of drug-likeness (QED) is 0.370. The molecule has 0 atom stereocenters. The number of carbonyl (C=O) groups is 4. The first kappa shape index (κ1) is 33.9. The fourth-order valence-corrected chi connectivity index (χ4v) is 6.26. The van der Waals surface area contributed by atoms with Crippen LogP contribution in [0, 0.1) is 0 Å². The van der Waals surface area contributed by atoms with Crippen molar-refractivity contribution < 1.29 is 38.1 Å². The molecule has 4 amide bonds. The minimum absolute atomic E-state index is 0.0476. The van der Waals surface area contributed by atoms with Crippen molar-refractivity contribution in [3.05, 3.63) is 53.6 Å². The van der Waals surface area contributed by atoms with E-state index in [2.05, 4.69) is 5.32 Å². The van der Waals surface area contributed by atoms with Crippen LogP contribution in [-0.4, -0.2) is 91.4 Å². The van der Waals surface area contributed by atoms with E-state index in [4.69, 9.17) is 18.9 Å². The SMILES string of the molecule is COc1cc(OC2CCN(C(=O)CCCNC(=O)OC(C)(C)C)CC2)ccc1C(=O)N1CCC(N2C(=O)OCc3ccccc32)CC1. The number of para-hydroxylation sites is 1. The summed E-state index contributed by atoms with van der Waals surface area (Å²) in [4.78, 5) is 56.0. The molecule has 47 heavy (non-hydrogen) atoms. The normalized spacial score (nSPS) is 17.4. The molecule has 1 N–H and O–H groups in total. The first-order valence-corrected chi connectivity index (χ1v) is 16.4. The monoisotopic (exact) mass is 650 g/mol. The molecule has 0 spiro atoms. The van der Waals surface area contributed by atoms with Gasteiger partial charge in [0.25, 0.3) is 5.91 Å². The zero-order chi connectivity index (χ0) is 33.6. The molecule has 2 saturated heterocycles. The van der Waals surface area contributed by atoms with Crippen molar-refractivity contribution >= 4 is 29.7 Å². The molecule has 0 aliphatic carbocycles. The number of nitrogens with one attached hydrogen (secondary N) is 1. The van der Waals surface area contributed by atoms with E-state index in [1.165, 1.54) is 7.11 Å². The van der Waals surface area contributed by atoms with Gasteiger partial charge in [-0.05, 0) is 58.2 Å². The van der Waals surface area contributed by atoms with Crippen LogP contribution >= 0.6 is 0 Å². The van der Waals surface area contributed by atoms with E-state index < -0.39 is 11.7 Å². The summed E-state index contributed by atoms with van der Waals surface area (Å²) in [6, 6.07) is 13.0. The summed E-state index contributed by atoms with van der Waals surface area (Å²) in [6.07, 6.45) is 2.67. The molecule has 3 heterocycles. The maximum absolute atomic E-state index is 13.5. The molecule has 5 rings (SSSR count). The first-order valence-electron chi connectivity index (χ1n) is 16.4. The van der Waals surface area contributed by atoms with Crippen molar-refractivity contribution in [2.45, 2.75) is 83.6 Å². The minimum atomic E-state index is -0.559. The van der Waals surface area contributed by atoms with Gasteiger partial charge in [-0.3, -0.25) is 14.5 Å². The number of amides is 4. The Kier molecular flexibility index (Phi) is 10.8. The van der Waals surface area contributed by atoms with Crippen LogP contribution in [0.3, 0.4) is 0 Å². The lowest BCUT2D eigenvalue weighted by Crippen LogP contribution is -2.50. The lowest BCUT2D eigenvalue weighted by molar-refractivity contribution is -0.133. The van der Waals surface area contributed by atoms with Gasteiger partial charge >= 0.3 is 12.2 Å². The minimum Gasteiger partial charge on any atom is -0.496 e. The highest BCUT2D eigenvalue weighted by atomic mass is 16.6. The number of fused-ring (bicyclic) bond motifs is 1. The van der Waals surface area contributed by atoms with Gasteiger partial charge in [-0.15, -0.1) is 0 Å². The van der Waals surface area contributed by atoms with Crippen molar-refractivity contribution in [2.24, 2.45) is 0 Å². The smallest absolute Gasteiger partial charge is 0.414 e. The third-order valence-corrected chi connectivity index (χ3v) is 8.65. The number of piperidine rings is 2. The van der Waals surface area contributed by atoms with E-state index in [0.29, 0.717) is 88.3 Å². The van der Waals surface area contributed by atoms with Crippen LogP contribution in [0.4, 0.5) is 15.3 Å². The highest BCUT2D eigenvalue weighted by Gasteiger charge is 2.35. The second-order valence-electron chi connectivity index (χ2n) is 13.2. The van der Waals surface area contributed by atoms with Gasteiger partial charge in [-0.25, -0.2) is 9.59 Å². The zero-order valence-electron chi connectivity index (χ0n) is 27.8. The molecule has 2 aromatic rings. The van der Waals surface area contributed by atoms with Crippen molar-refractivity contribution in [2.75, 3.05) is 44.7 Å². The van der Waals surface area contributed by atoms with Crippen LogP contribution in [-0.2, 0) is 20.9 Å². The molecule has 2 fully saturated rings. The fourth-order valence-electron chi connectivity index (χ4n) is 6.26. The number of anilines is 1. The standard InChI is InChI=1S/C35H46N4O8/c1-35(2,3)47-33(42)36-17-7-10-31(40)37-20-15-26(16-21-37)46-27-11-12-28(30(22-27)44-4)32(41)38-18-13-25(14-19-38)39-29-9-6-5-8-24(29)23-45-34(39)43/h5-6,8-9,11-12,22,25-26H,7,10,13-21,23H2,1-4H3,(H,36,42). The summed E-state index contributed by atoms with van der Waals surface area (Å²) in [7, 11) is 1.54. The van der Waals surface area contributed by atoms with Crippen LogP contribution in [0.2, 0.25) is 0 Å². The molecule has 12 heteroatoms. The molecule has 2 aromatic carbocycles. The summed E-state index contributed by atoms with van der Waals surface area (Å²) in [6.45, 7) is 8.27. The molecule has 0 aromatic heterocycles. The largest absolute Gasteiger partial charge is 0.496 e.